The number of fused-ring (bicyclic) bond motifs is 1. The maximum atomic E-state index is 4.48. The lowest BCUT2D eigenvalue weighted by Crippen LogP contribution is -2.32. The topological polar surface area (TPSA) is 36.9 Å². The van der Waals surface area contributed by atoms with Gasteiger partial charge >= 0.3 is 0 Å². The number of aryl methyl sites for hydroxylation is 1. The molecule has 2 aromatic heterocycles. The molecule has 3 aromatic rings. The molecule has 4 nitrogen and oxygen atoms in total. The fourth-order valence-corrected chi connectivity index (χ4v) is 3.53. The van der Waals surface area contributed by atoms with Crippen molar-refractivity contribution in [1.29, 1.82) is 0 Å². The molecule has 1 aliphatic rings. The smallest absolute Gasteiger partial charge is 0.0764 e. The number of likely N-dealkylation sites (tertiary alicyclic amines) is 1. The van der Waals surface area contributed by atoms with Gasteiger partial charge in [-0.15, -0.1) is 0 Å². The molecule has 1 fully saturated rings. The molecule has 1 aliphatic heterocycles. The van der Waals surface area contributed by atoms with Crippen molar-refractivity contribution < 1.29 is 0 Å². The average molecular weight is 294 g/mol. The molecule has 0 unspecified atom stereocenters. The molecule has 1 N–H and O–H groups in total. The highest BCUT2D eigenvalue weighted by Gasteiger charge is 2.21. The van der Waals surface area contributed by atoms with Gasteiger partial charge in [-0.3, -0.25) is 9.58 Å². The zero-order valence-electron chi connectivity index (χ0n) is 13.0. The van der Waals surface area contributed by atoms with Gasteiger partial charge in [-0.05, 0) is 67.1 Å². The second-order valence-corrected chi connectivity index (χ2v) is 6.36. The summed E-state index contributed by atoms with van der Waals surface area (Å²) in [4.78, 5) is 5.79. The maximum absolute atomic E-state index is 4.48. The molecule has 0 aliphatic carbocycles. The minimum absolute atomic E-state index is 0.694. The minimum atomic E-state index is 0.694. The van der Waals surface area contributed by atoms with Crippen LogP contribution in [0.3, 0.4) is 0 Å². The zero-order chi connectivity index (χ0) is 14.9. The van der Waals surface area contributed by atoms with E-state index in [1.807, 2.05) is 24.1 Å². The van der Waals surface area contributed by atoms with Crippen LogP contribution in [0.2, 0.25) is 0 Å². The first-order valence-electron chi connectivity index (χ1n) is 8.06. The van der Waals surface area contributed by atoms with E-state index in [9.17, 15) is 0 Å². The third-order valence-electron chi connectivity index (χ3n) is 4.79. The molecule has 0 atom stereocenters. The highest BCUT2D eigenvalue weighted by atomic mass is 15.3. The molecule has 114 valence electrons. The van der Waals surface area contributed by atoms with Gasteiger partial charge < -0.3 is 4.98 Å². The van der Waals surface area contributed by atoms with E-state index >= 15 is 0 Å². The highest BCUT2D eigenvalue weighted by Crippen LogP contribution is 2.30. The van der Waals surface area contributed by atoms with Crippen molar-refractivity contribution in [2.45, 2.75) is 25.3 Å². The molecule has 0 radical (unpaired) electrons. The first-order chi connectivity index (χ1) is 10.8. The highest BCUT2D eigenvalue weighted by molar-refractivity contribution is 5.80. The Kier molecular flexibility index (Phi) is 3.47. The Hall–Kier alpha value is -2.07. The third kappa shape index (κ3) is 2.66. The predicted molar refractivity (Wildman–Crippen MR) is 88.8 cm³/mol. The van der Waals surface area contributed by atoms with Crippen molar-refractivity contribution in [3.63, 3.8) is 0 Å². The van der Waals surface area contributed by atoms with E-state index in [4.69, 9.17) is 0 Å². The van der Waals surface area contributed by atoms with Crippen LogP contribution < -0.4 is 0 Å². The fourth-order valence-electron chi connectivity index (χ4n) is 3.53. The Morgan fingerprint density at radius 3 is 2.82 bits per heavy atom. The molecule has 4 heteroatoms. The second kappa shape index (κ2) is 5.61. The molecule has 0 amide bonds. The Morgan fingerprint density at radius 2 is 2.05 bits per heavy atom. The van der Waals surface area contributed by atoms with E-state index in [-0.39, 0.29) is 0 Å². The number of piperidine rings is 1. The SMILES string of the molecule is Cn1ccc(CN2CCC(c3ccc4[nH]ccc4c3)CC2)n1. The number of hydrogen-bond acceptors (Lipinski definition) is 2. The number of nitrogens with one attached hydrogen (secondary N) is 1. The van der Waals surface area contributed by atoms with E-state index in [0.29, 0.717) is 5.92 Å². The third-order valence-corrected chi connectivity index (χ3v) is 4.79. The standard InChI is InChI=1S/C18H22N4/c1-21-9-7-17(20-21)13-22-10-5-14(6-11-22)15-2-3-18-16(12-15)4-8-19-18/h2-4,7-9,12,14,19H,5-6,10-11,13H2,1H3. The lowest BCUT2D eigenvalue weighted by atomic mass is 9.89. The van der Waals surface area contributed by atoms with Crippen LogP contribution in [0.5, 0.6) is 0 Å². The van der Waals surface area contributed by atoms with Crippen LogP contribution >= 0.6 is 0 Å². The number of H-pyrrole nitrogens is 1. The Bertz CT molecular complexity index is 762. The summed E-state index contributed by atoms with van der Waals surface area (Å²) in [5.74, 6) is 0.694. The zero-order valence-corrected chi connectivity index (χ0v) is 13.0. The monoisotopic (exact) mass is 294 g/mol. The molecule has 1 aromatic carbocycles. The normalized spacial score (nSPS) is 17.3. The van der Waals surface area contributed by atoms with Crippen molar-refractivity contribution in [1.82, 2.24) is 19.7 Å². The number of aromatic amines is 1. The van der Waals surface area contributed by atoms with Crippen molar-refractivity contribution in [2.24, 2.45) is 7.05 Å². The van der Waals surface area contributed by atoms with Gasteiger partial charge in [-0.25, -0.2) is 0 Å². The van der Waals surface area contributed by atoms with Crippen molar-refractivity contribution in [3.8, 4) is 0 Å². The largest absolute Gasteiger partial charge is 0.361 e. The summed E-state index contributed by atoms with van der Waals surface area (Å²) in [5, 5.41) is 5.81. The molecule has 3 heterocycles. The number of aromatic nitrogens is 3. The van der Waals surface area contributed by atoms with Gasteiger partial charge in [-0.2, -0.15) is 5.10 Å². The first kappa shape index (κ1) is 13.6. The summed E-state index contributed by atoms with van der Waals surface area (Å²) in [6.45, 7) is 3.29. The Morgan fingerprint density at radius 1 is 1.18 bits per heavy atom. The molecule has 22 heavy (non-hydrogen) atoms. The lowest BCUT2D eigenvalue weighted by Gasteiger charge is -2.31. The van der Waals surface area contributed by atoms with Crippen molar-refractivity contribution in [2.75, 3.05) is 13.1 Å². The molecular weight excluding hydrogens is 272 g/mol. The van der Waals surface area contributed by atoms with E-state index < -0.39 is 0 Å². The Labute approximate surface area is 130 Å². The summed E-state index contributed by atoms with van der Waals surface area (Å²) in [6, 6.07) is 11.1. The summed E-state index contributed by atoms with van der Waals surface area (Å²) in [5.41, 5.74) is 3.90. The predicted octanol–water partition coefficient (Wildman–Crippen LogP) is 3.28. The number of hydrogen-bond donors (Lipinski definition) is 1. The number of benzene rings is 1. The molecule has 4 rings (SSSR count). The van der Waals surface area contributed by atoms with Crippen LogP contribution in [0.15, 0.2) is 42.7 Å². The fraction of sp³-hybridized carbons (Fsp3) is 0.389. The molecular formula is C18H22N4. The first-order valence-corrected chi connectivity index (χ1v) is 8.06. The van der Waals surface area contributed by atoms with Crippen LogP contribution in [0.25, 0.3) is 10.9 Å². The van der Waals surface area contributed by atoms with E-state index in [2.05, 4.69) is 45.3 Å². The average Bonchev–Trinajstić information content (AvgIpc) is 3.16. The number of nitrogens with zero attached hydrogens (tertiary/aromatic N) is 3. The summed E-state index contributed by atoms with van der Waals surface area (Å²) in [7, 11) is 1.98. The van der Waals surface area contributed by atoms with Crippen LogP contribution in [0.4, 0.5) is 0 Å². The van der Waals surface area contributed by atoms with Crippen molar-refractivity contribution in [3.05, 3.63) is 54.0 Å². The second-order valence-electron chi connectivity index (χ2n) is 6.36. The molecule has 0 spiro atoms. The van der Waals surface area contributed by atoms with Gasteiger partial charge in [0.15, 0.2) is 0 Å². The van der Waals surface area contributed by atoms with Gasteiger partial charge in [0.25, 0.3) is 0 Å². The summed E-state index contributed by atoms with van der Waals surface area (Å²) >= 11 is 0. The van der Waals surface area contributed by atoms with Gasteiger partial charge in [0.05, 0.1) is 5.69 Å². The van der Waals surface area contributed by atoms with Crippen LogP contribution in [-0.4, -0.2) is 32.8 Å². The molecule has 0 bridgehead atoms. The summed E-state index contributed by atoms with van der Waals surface area (Å²) < 4.78 is 1.88. The van der Waals surface area contributed by atoms with E-state index in [1.54, 1.807) is 0 Å². The lowest BCUT2D eigenvalue weighted by molar-refractivity contribution is 0.202. The minimum Gasteiger partial charge on any atom is -0.361 e. The summed E-state index contributed by atoms with van der Waals surface area (Å²) in [6.07, 6.45) is 6.52. The van der Waals surface area contributed by atoms with Gasteiger partial charge in [0.1, 0.15) is 0 Å². The number of rotatable bonds is 3. The maximum Gasteiger partial charge on any atom is 0.0764 e. The van der Waals surface area contributed by atoms with Crippen LogP contribution in [-0.2, 0) is 13.6 Å². The van der Waals surface area contributed by atoms with Gasteiger partial charge in [-0.1, -0.05) is 6.07 Å². The quantitative estimate of drug-likeness (QED) is 0.805. The van der Waals surface area contributed by atoms with E-state index in [1.165, 1.54) is 35.0 Å². The van der Waals surface area contributed by atoms with E-state index in [0.717, 1.165) is 19.6 Å². The molecule has 0 saturated carbocycles. The van der Waals surface area contributed by atoms with Gasteiger partial charge in [0.2, 0.25) is 0 Å². The van der Waals surface area contributed by atoms with Crippen LogP contribution in [0.1, 0.15) is 30.0 Å². The molecule has 1 saturated heterocycles. The Balaban J connectivity index is 1.40. The van der Waals surface area contributed by atoms with Crippen molar-refractivity contribution >= 4 is 10.9 Å². The van der Waals surface area contributed by atoms with Crippen LogP contribution in [0, 0.1) is 0 Å². The van der Waals surface area contributed by atoms with Gasteiger partial charge in [0, 0.05) is 31.5 Å².